The molecule has 0 aliphatic rings. The lowest BCUT2D eigenvalue weighted by atomic mass is 9.83. The molecule has 42 heavy (non-hydrogen) atoms. The van der Waals surface area contributed by atoms with E-state index in [0.717, 1.165) is 32.5 Å². The first-order valence-corrected chi connectivity index (χ1v) is 14.2. The van der Waals surface area contributed by atoms with Crippen LogP contribution >= 0.6 is 0 Å². The Kier molecular flexibility index (Phi) is 7.74. The zero-order valence-electron chi connectivity index (χ0n) is 24.8. The van der Waals surface area contributed by atoms with Crippen LogP contribution in [0.2, 0.25) is 0 Å². The molecule has 6 rings (SSSR count). The van der Waals surface area contributed by atoms with Gasteiger partial charge in [-0.25, -0.2) is 0 Å². The molecular weight excluding hydrogens is 520 g/mol. The lowest BCUT2D eigenvalue weighted by Gasteiger charge is -2.21. The van der Waals surface area contributed by atoms with E-state index in [4.69, 9.17) is 4.74 Å². The maximum atomic E-state index is 12.2. The highest BCUT2D eigenvalue weighted by Gasteiger charge is 2.28. The standard InChI is InChI=1S/2C19H18O2/c1-19(2,3)18(20)21-17-12-13-8-4-5-9-14(13)15-10-6-7-11-16(15)17;1-19(2,18(20)21)12-14-11-13-7-3-4-8-15(13)17-10-6-5-9-16(14)17/h4-12H,1-3H3;3-11H,12H2,1-2H3,(H,20,21). The second kappa shape index (κ2) is 11.3. The molecule has 6 aromatic rings. The number of hydrogen-bond donors (Lipinski definition) is 1. The Balaban J connectivity index is 0.000000168. The maximum absolute atomic E-state index is 12.2. The third-order valence-electron chi connectivity index (χ3n) is 7.61. The second-order valence-electron chi connectivity index (χ2n) is 12.4. The zero-order valence-corrected chi connectivity index (χ0v) is 24.8. The summed E-state index contributed by atoms with van der Waals surface area (Å²) >= 11 is 0. The summed E-state index contributed by atoms with van der Waals surface area (Å²) in [5, 5.41) is 18.4. The van der Waals surface area contributed by atoms with Crippen LogP contribution in [0.5, 0.6) is 5.75 Å². The van der Waals surface area contributed by atoms with Crippen LogP contribution in [0.15, 0.2) is 109 Å². The summed E-state index contributed by atoms with van der Waals surface area (Å²) in [6, 6.07) is 36.7. The topological polar surface area (TPSA) is 63.6 Å². The SMILES string of the molecule is CC(C)(C)C(=O)Oc1cc2ccccc2c2ccccc12.CC(C)(Cc1cc2ccccc2c2ccccc12)C(=O)O. The molecular formula is C38H36O4. The van der Waals surface area contributed by atoms with Crippen molar-refractivity contribution in [1.82, 2.24) is 0 Å². The van der Waals surface area contributed by atoms with Crippen molar-refractivity contribution in [2.45, 2.75) is 41.0 Å². The number of ether oxygens (including phenoxy) is 1. The highest BCUT2D eigenvalue weighted by molar-refractivity contribution is 6.11. The van der Waals surface area contributed by atoms with Crippen molar-refractivity contribution in [3.8, 4) is 5.75 Å². The highest BCUT2D eigenvalue weighted by atomic mass is 16.5. The van der Waals surface area contributed by atoms with Gasteiger partial charge in [-0.3, -0.25) is 9.59 Å². The lowest BCUT2D eigenvalue weighted by Crippen LogP contribution is -2.26. The molecule has 0 saturated heterocycles. The Morgan fingerprint density at radius 2 is 1.02 bits per heavy atom. The van der Waals surface area contributed by atoms with Crippen molar-refractivity contribution < 1.29 is 19.4 Å². The zero-order chi connectivity index (χ0) is 30.1. The van der Waals surface area contributed by atoms with Gasteiger partial charge in [0.2, 0.25) is 0 Å². The fourth-order valence-corrected chi connectivity index (χ4v) is 5.19. The van der Waals surface area contributed by atoms with Crippen LogP contribution in [-0.4, -0.2) is 17.0 Å². The number of carbonyl (C=O) groups excluding carboxylic acids is 1. The van der Waals surface area contributed by atoms with E-state index in [1.54, 1.807) is 13.8 Å². The van der Waals surface area contributed by atoms with Crippen LogP contribution in [0.3, 0.4) is 0 Å². The molecule has 0 amide bonds. The summed E-state index contributed by atoms with van der Waals surface area (Å²) in [7, 11) is 0. The first kappa shape index (κ1) is 28.8. The van der Waals surface area contributed by atoms with Gasteiger partial charge in [0.1, 0.15) is 5.75 Å². The van der Waals surface area contributed by atoms with E-state index in [1.807, 2.05) is 87.5 Å². The minimum atomic E-state index is -0.773. The Hall–Kier alpha value is -4.70. The number of benzene rings is 6. The molecule has 212 valence electrons. The van der Waals surface area contributed by atoms with Gasteiger partial charge in [0.05, 0.1) is 10.8 Å². The number of esters is 1. The van der Waals surface area contributed by atoms with E-state index in [-0.39, 0.29) is 5.97 Å². The Labute approximate surface area is 246 Å². The number of aliphatic carboxylic acids is 1. The van der Waals surface area contributed by atoms with Crippen molar-refractivity contribution >= 4 is 55.0 Å². The molecule has 4 nitrogen and oxygen atoms in total. The van der Waals surface area contributed by atoms with E-state index < -0.39 is 16.8 Å². The quantitative estimate of drug-likeness (QED) is 0.133. The molecule has 0 aromatic heterocycles. The lowest BCUT2D eigenvalue weighted by molar-refractivity contribution is -0.146. The number of carboxylic acids is 1. The molecule has 0 saturated carbocycles. The predicted molar refractivity (Wildman–Crippen MR) is 173 cm³/mol. The summed E-state index contributed by atoms with van der Waals surface area (Å²) in [6.45, 7) is 9.13. The number of rotatable bonds is 4. The molecule has 0 unspecified atom stereocenters. The third kappa shape index (κ3) is 5.84. The first-order valence-electron chi connectivity index (χ1n) is 14.2. The molecule has 0 bridgehead atoms. The van der Waals surface area contributed by atoms with Gasteiger partial charge in [-0.05, 0) is 90.4 Å². The van der Waals surface area contributed by atoms with Crippen LogP contribution in [0.4, 0.5) is 0 Å². The normalized spacial score (nSPS) is 11.8. The van der Waals surface area contributed by atoms with Crippen molar-refractivity contribution in [2.24, 2.45) is 10.8 Å². The smallest absolute Gasteiger partial charge is 0.316 e. The van der Waals surface area contributed by atoms with E-state index in [9.17, 15) is 14.7 Å². The number of carbonyl (C=O) groups is 2. The molecule has 0 atom stereocenters. The fourth-order valence-electron chi connectivity index (χ4n) is 5.19. The predicted octanol–water partition coefficient (Wildman–Crippen LogP) is 9.59. The van der Waals surface area contributed by atoms with Crippen molar-refractivity contribution in [3.05, 3.63) is 115 Å². The first-order chi connectivity index (χ1) is 20.0. The third-order valence-corrected chi connectivity index (χ3v) is 7.61. The largest absolute Gasteiger partial charge is 0.481 e. The summed E-state index contributed by atoms with van der Waals surface area (Å²) in [5.74, 6) is -0.355. The summed E-state index contributed by atoms with van der Waals surface area (Å²) in [5.41, 5.74) is -0.200. The number of fused-ring (bicyclic) bond motifs is 6. The highest BCUT2D eigenvalue weighted by Crippen LogP contribution is 2.35. The minimum Gasteiger partial charge on any atom is -0.481 e. The summed E-state index contributed by atoms with van der Waals surface area (Å²) in [4.78, 5) is 23.6. The average Bonchev–Trinajstić information content (AvgIpc) is 2.97. The molecule has 0 fully saturated rings. The van der Waals surface area contributed by atoms with Gasteiger partial charge >= 0.3 is 11.9 Å². The van der Waals surface area contributed by atoms with Crippen molar-refractivity contribution in [1.29, 1.82) is 0 Å². The molecule has 0 heterocycles. The van der Waals surface area contributed by atoms with Gasteiger partial charge < -0.3 is 9.84 Å². The van der Waals surface area contributed by atoms with Gasteiger partial charge in [0.15, 0.2) is 0 Å². The van der Waals surface area contributed by atoms with Crippen LogP contribution < -0.4 is 4.74 Å². The van der Waals surface area contributed by atoms with Gasteiger partial charge in [-0.15, -0.1) is 0 Å². The van der Waals surface area contributed by atoms with Crippen LogP contribution in [-0.2, 0) is 16.0 Å². The minimum absolute atomic E-state index is 0.220. The van der Waals surface area contributed by atoms with Gasteiger partial charge in [-0.1, -0.05) is 103 Å². The van der Waals surface area contributed by atoms with E-state index in [2.05, 4.69) is 42.5 Å². The molecule has 1 N–H and O–H groups in total. The number of carboxylic acid groups (broad SMARTS) is 1. The molecule has 0 spiro atoms. The Morgan fingerprint density at radius 3 is 1.55 bits per heavy atom. The summed E-state index contributed by atoms with van der Waals surface area (Å²) in [6.07, 6.45) is 0.522. The average molecular weight is 557 g/mol. The van der Waals surface area contributed by atoms with Crippen LogP contribution in [0.1, 0.15) is 40.2 Å². The monoisotopic (exact) mass is 556 g/mol. The molecule has 0 aliphatic heterocycles. The molecule has 0 radical (unpaired) electrons. The van der Waals surface area contributed by atoms with Crippen molar-refractivity contribution in [2.75, 3.05) is 0 Å². The fraction of sp³-hybridized carbons (Fsp3) is 0.211. The van der Waals surface area contributed by atoms with Gasteiger partial charge in [0.25, 0.3) is 0 Å². The van der Waals surface area contributed by atoms with Gasteiger partial charge in [0, 0.05) is 5.39 Å². The van der Waals surface area contributed by atoms with Gasteiger partial charge in [-0.2, -0.15) is 0 Å². The van der Waals surface area contributed by atoms with E-state index >= 15 is 0 Å². The maximum Gasteiger partial charge on any atom is 0.316 e. The molecule has 6 aromatic carbocycles. The summed E-state index contributed by atoms with van der Waals surface area (Å²) < 4.78 is 5.66. The Morgan fingerprint density at radius 1 is 0.595 bits per heavy atom. The molecule has 0 aliphatic carbocycles. The van der Waals surface area contributed by atoms with Crippen LogP contribution in [0.25, 0.3) is 43.1 Å². The van der Waals surface area contributed by atoms with Crippen molar-refractivity contribution in [3.63, 3.8) is 0 Å². The van der Waals surface area contributed by atoms with E-state index in [1.165, 1.54) is 16.2 Å². The van der Waals surface area contributed by atoms with Crippen LogP contribution in [0, 0.1) is 10.8 Å². The Bertz CT molecular complexity index is 1940. The number of hydrogen-bond acceptors (Lipinski definition) is 3. The molecule has 4 heteroatoms. The van der Waals surface area contributed by atoms with E-state index in [0.29, 0.717) is 12.2 Å². The second-order valence-corrected chi connectivity index (χ2v) is 12.4.